The zero-order valence-electron chi connectivity index (χ0n) is 9.94. The van der Waals surface area contributed by atoms with Crippen LogP contribution < -0.4 is 0 Å². The largest absolute Gasteiger partial charge is 0.384 e. The van der Waals surface area contributed by atoms with Crippen molar-refractivity contribution < 1.29 is 57.1 Å². The minimum absolute atomic E-state index is 1.00. The molecule has 1 atom stereocenters. The molecular weight excluding hydrogens is 375 g/mol. The fourth-order valence-electron chi connectivity index (χ4n) is 1.06. The van der Waals surface area contributed by atoms with Crippen LogP contribution >= 0.6 is 12.6 Å². The van der Waals surface area contributed by atoms with Crippen molar-refractivity contribution in [3.8, 4) is 0 Å². The van der Waals surface area contributed by atoms with Crippen LogP contribution in [0.1, 0.15) is 6.92 Å². The van der Waals surface area contributed by atoms with Crippen LogP contribution in [0.15, 0.2) is 0 Å². The van der Waals surface area contributed by atoms with E-state index in [2.05, 4.69) is 0 Å². The van der Waals surface area contributed by atoms with Crippen LogP contribution in [-0.2, 0) is 0 Å². The van der Waals surface area contributed by atoms with Crippen molar-refractivity contribution in [2.45, 2.75) is 48.0 Å². The Bertz CT molecular complexity index is 403. The van der Waals surface area contributed by atoms with Crippen molar-refractivity contribution in [2.75, 3.05) is 0 Å². The lowest BCUT2D eigenvalue weighted by molar-refractivity contribution is -0.408. The average molecular weight is 380 g/mol. The molecule has 0 nitrogen and oxygen atoms in total. The third-order valence-corrected chi connectivity index (χ3v) is 2.61. The maximum atomic E-state index is 12.9. The summed E-state index contributed by atoms with van der Waals surface area (Å²) < 4.78 is 164. The van der Waals surface area contributed by atoms with Crippen LogP contribution in [0.3, 0.4) is 0 Å². The van der Waals surface area contributed by atoms with Crippen molar-refractivity contribution in [2.24, 2.45) is 0 Å². The highest BCUT2D eigenvalue weighted by molar-refractivity contribution is 7.81. The lowest BCUT2D eigenvalue weighted by Gasteiger charge is -2.39. The summed E-state index contributed by atoms with van der Waals surface area (Å²) in [5.74, 6) is -35.3. The summed E-state index contributed by atoms with van der Waals surface area (Å²) in [6.45, 7) is -1.00. The van der Waals surface area contributed by atoms with Crippen molar-refractivity contribution >= 4 is 12.6 Å². The number of alkyl halides is 13. The molecule has 0 amide bonds. The van der Waals surface area contributed by atoms with E-state index in [0.717, 1.165) is 0 Å². The first kappa shape index (κ1) is 21.4. The summed E-state index contributed by atoms with van der Waals surface area (Å²) in [6, 6.07) is 0. The van der Waals surface area contributed by atoms with Gasteiger partial charge in [0, 0.05) is 6.92 Å². The van der Waals surface area contributed by atoms with Gasteiger partial charge < -0.3 is 0 Å². The zero-order chi connectivity index (χ0) is 18.6. The van der Waals surface area contributed by atoms with Crippen LogP contribution in [0, 0.1) is 0 Å². The SMILES string of the molecule is CC(F)(F)C(F)(F)C(F)(F)C(F)(F)C(F)(F)C(F)C(F)(F)S. The zero-order valence-corrected chi connectivity index (χ0v) is 10.8. The first-order valence-electron chi connectivity index (χ1n) is 4.79. The van der Waals surface area contributed by atoms with Gasteiger partial charge in [-0.05, 0) is 0 Å². The molecule has 0 bridgehead atoms. The van der Waals surface area contributed by atoms with Crippen molar-refractivity contribution in [1.29, 1.82) is 0 Å². The maximum absolute atomic E-state index is 12.9. The molecule has 0 aliphatic heterocycles. The Labute approximate surface area is 119 Å². The number of halogens is 13. The lowest BCUT2D eigenvalue weighted by Crippen LogP contribution is -2.69. The van der Waals surface area contributed by atoms with E-state index < -0.39 is 48.0 Å². The Morgan fingerprint density at radius 3 is 1.18 bits per heavy atom. The van der Waals surface area contributed by atoms with E-state index in [-0.39, 0.29) is 0 Å². The van der Waals surface area contributed by atoms with Crippen LogP contribution in [0.4, 0.5) is 57.1 Å². The quantitative estimate of drug-likeness (QED) is 0.484. The van der Waals surface area contributed by atoms with Gasteiger partial charge in [-0.2, -0.15) is 52.7 Å². The monoisotopic (exact) mass is 380 g/mol. The molecule has 0 saturated carbocycles. The second-order valence-corrected chi connectivity index (χ2v) is 4.78. The van der Waals surface area contributed by atoms with Gasteiger partial charge in [0.15, 0.2) is 0 Å². The average Bonchev–Trinajstić information content (AvgIpc) is 2.24. The normalized spacial score (nSPS) is 17.6. The summed E-state index contributed by atoms with van der Waals surface area (Å²) in [5, 5.41) is -5.65. The predicted molar refractivity (Wildman–Crippen MR) is 49.2 cm³/mol. The van der Waals surface area contributed by atoms with E-state index in [1.54, 1.807) is 12.6 Å². The molecule has 0 aliphatic rings. The van der Waals surface area contributed by atoms with E-state index in [0.29, 0.717) is 0 Å². The summed E-state index contributed by atoms with van der Waals surface area (Å²) in [6.07, 6.45) is -5.47. The van der Waals surface area contributed by atoms with Crippen LogP contribution in [-0.4, -0.2) is 41.0 Å². The van der Waals surface area contributed by atoms with Gasteiger partial charge in [-0.15, -0.1) is 12.6 Å². The molecule has 22 heavy (non-hydrogen) atoms. The molecule has 0 radical (unpaired) electrons. The first-order valence-corrected chi connectivity index (χ1v) is 5.23. The molecule has 1 unspecified atom stereocenters. The number of hydrogen-bond donors (Lipinski definition) is 1. The van der Waals surface area contributed by atoms with Gasteiger partial charge in [-0.3, -0.25) is 0 Å². The molecule has 14 heteroatoms. The standard InChI is InChI=1S/C8H5F13S/c1-3(10,11)6(16,17)8(20,21)7(18,19)4(12,13)2(9)5(14,15)22/h2,22H,1H3. The van der Waals surface area contributed by atoms with E-state index in [9.17, 15) is 57.1 Å². The Morgan fingerprint density at radius 1 is 0.636 bits per heavy atom. The Morgan fingerprint density at radius 2 is 0.955 bits per heavy atom. The van der Waals surface area contributed by atoms with E-state index in [4.69, 9.17) is 0 Å². The molecule has 0 rings (SSSR count). The number of hydrogen-bond acceptors (Lipinski definition) is 1. The Balaban J connectivity index is 6.12. The van der Waals surface area contributed by atoms with Crippen molar-refractivity contribution in [3.05, 3.63) is 0 Å². The molecule has 0 saturated heterocycles. The van der Waals surface area contributed by atoms with Crippen LogP contribution in [0.2, 0.25) is 0 Å². The Kier molecular flexibility index (Phi) is 5.09. The highest BCUT2D eigenvalue weighted by Gasteiger charge is 2.87. The van der Waals surface area contributed by atoms with Crippen LogP contribution in [0.5, 0.6) is 0 Å². The van der Waals surface area contributed by atoms with Gasteiger partial charge in [-0.1, -0.05) is 0 Å². The summed E-state index contributed by atoms with van der Waals surface area (Å²) >= 11 is 1.80. The maximum Gasteiger partial charge on any atom is 0.384 e. The highest BCUT2D eigenvalue weighted by atomic mass is 32.1. The lowest BCUT2D eigenvalue weighted by atomic mass is 9.93. The minimum Gasteiger partial charge on any atom is -0.233 e. The molecule has 0 aromatic carbocycles. The van der Waals surface area contributed by atoms with Gasteiger partial charge >= 0.3 is 34.9 Å². The third-order valence-electron chi connectivity index (χ3n) is 2.38. The van der Waals surface area contributed by atoms with Gasteiger partial charge in [-0.25, -0.2) is 4.39 Å². The molecule has 0 aromatic rings. The van der Waals surface area contributed by atoms with E-state index in [1.807, 2.05) is 0 Å². The molecule has 0 aliphatic carbocycles. The number of thiol groups is 1. The summed E-state index contributed by atoms with van der Waals surface area (Å²) in [7, 11) is 0. The minimum atomic E-state index is -7.59. The molecule has 0 N–H and O–H groups in total. The second-order valence-electron chi connectivity index (χ2n) is 4.18. The topological polar surface area (TPSA) is 0 Å². The van der Waals surface area contributed by atoms with E-state index >= 15 is 0 Å². The van der Waals surface area contributed by atoms with Gasteiger partial charge in [0.05, 0.1) is 0 Å². The van der Waals surface area contributed by atoms with Gasteiger partial charge in [0.2, 0.25) is 6.17 Å². The fraction of sp³-hybridized carbons (Fsp3) is 1.00. The van der Waals surface area contributed by atoms with Crippen molar-refractivity contribution in [1.82, 2.24) is 0 Å². The van der Waals surface area contributed by atoms with Gasteiger partial charge in [0.1, 0.15) is 0 Å². The number of rotatable bonds is 6. The smallest absolute Gasteiger partial charge is 0.233 e. The predicted octanol–water partition coefficient (Wildman–Crippen LogP) is 5.04. The highest BCUT2D eigenvalue weighted by Crippen LogP contribution is 2.59. The van der Waals surface area contributed by atoms with Gasteiger partial charge in [0.25, 0.3) is 0 Å². The molecular formula is C8H5F13S. The molecule has 0 heterocycles. The summed E-state index contributed by atoms with van der Waals surface area (Å²) in [5.41, 5.74) is 0. The first-order chi connectivity index (χ1) is 9.15. The molecule has 0 fully saturated rings. The van der Waals surface area contributed by atoms with Crippen molar-refractivity contribution in [3.63, 3.8) is 0 Å². The summed E-state index contributed by atoms with van der Waals surface area (Å²) in [4.78, 5) is 0. The second kappa shape index (κ2) is 5.23. The Hall–Kier alpha value is -0.560. The van der Waals surface area contributed by atoms with E-state index in [1.165, 1.54) is 0 Å². The molecule has 134 valence electrons. The third kappa shape index (κ3) is 2.94. The fourth-order valence-corrected chi connectivity index (χ4v) is 1.22. The molecule has 0 spiro atoms. The molecule has 0 aromatic heterocycles. The van der Waals surface area contributed by atoms with Crippen LogP contribution in [0.25, 0.3) is 0 Å².